The Labute approximate surface area is 166 Å². The van der Waals surface area contributed by atoms with Crippen LogP contribution in [0, 0.1) is 5.82 Å². The summed E-state index contributed by atoms with van der Waals surface area (Å²) in [5.41, 5.74) is 0.879. The van der Waals surface area contributed by atoms with Crippen LogP contribution in [0.1, 0.15) is 10.4 Å². The van der Waals surface area contributed by atoms with Crippen LogP contribution in [0.3, 0.4) is 0 Å². The van der Waals surface area contributed by atoms with Crippen LogP contribution < -0.4 is 10.4 Å². The molecule has 8 nitrogen and oxygen atoms in total. The maximum Gasteiger partial charge on any atom is 0.255 e. The number of rotatable bonds is 6. The Kier molecular flexibility index (Phi) is 5.49. The predicted octanol–water partition coefficient (Wildman–Crippen LogP) is 2.67. The van der Waals surface area contributed by atoms with Crippen molar-refractivity contribution in [3.05, 3.63) is 47.8 Å². The summed E-state index contributed by atoms with van der Waals surface area (Å²) in [6, 6.07) is 8.06. The third-order valence-corrected chi connectivity index (χ3v) is 4.89. The molecule has 0 saturated heterocycles. The molecule has 1 aromatic heterocycles. The minimum Gasteiger partial charge on any atom is -0.506 e. The second-order valence-electron chi connectivity index (χ2n) is 6.35. The van der Waals surface area contributed by atoms with Gasteiger partial charge in [0.15, 0.2) is 9.84 Å². The average molecular weight is 422 g/mol. The van der Waals surface area contributed by atoms with Gasteiger partial charge in [-0.15, -0.1) is 0 Å². The number of halogens is 1. The van der Waals surface area contributed by atoms with E-state index in [1.807, 2.05) is 0 Å². The van der Waals surface area contributed by atoms with Crippen molar-refractivity contribution in [2.24, 2.45) is 0 Å². The van der Waals surface area contributed by atoms with E-state index in [9.17, 15) is 22.7 Å². The highest BCUT2D eigenvalue weighted by Gasteiger charge is 2.25. The number of anilines is 1. The van der Waals surface area contributed by atoms with Crippen LogP contribution in [0.5, 0.6) is 5.75 Å². The van der Waals surface area contributed by atoms with Gasteiger partial charge in [0.2, 0.25) is 0 Å². The van der Waals surface area contributed by atoms with Gasteiger partial charge in [0, 0.05) is 30.3 Å². The van der Waals surface area contributed by atoms with Crippen LogP contribution in [-0.4, -0.2) is 45.7 Å². The Morgan fingerprint density at radius 2 is 1.93 bits per heavy atom. The van der Waals surface area contributed by atoms with E-state index in [-0.39, 0.29) is 28.3 Å². The van der Waals surface area contributed by atoms with E-state index in [1.54, 1.807) is 0 Å². The van der Waals surface area contributed by atoms with Crippen LogP contribution in [0.15, 0.2) is 40.8 Å². The maximum absolute atomic E-state index is 13.3. The summed E-state index contributed by atoms with van der Waals surface area (Å²) >= 11 is 0. The molecule has 0 spiro atoms. The first kappa shape index (κ1) is 20.6. The number of sulfone groups is 1. The van der Waals surface area contributed by atoms with Gasteiger partial charge >= 0.3 is 0 Å². The molecule has 10 heteroatoms. The quantitative estimate of drug-likeness (QED) is 0.588. The van der Waals surface area contributed by atoms with Crippen LogP contribution >= 0.6 is 0 Å². The Hall–Kier alpha value is -3.11. The standard InChI is InChI=1S/C19H19FN2O6S/c1-21-19(24)17-13-8-15(23)14(22(27-2)10-29(3,25)26)9-16(13)28-18(17)11-4-6-12(20)7-5-11/h4-9,23H,10H2,1-3H3,(H,21,24). The van der Waals surface area contributed by atoms with E-state index in [4.69, 9.17) is 9.25 Å². The second-order valence-corrected chi connectivity index (χ2v) is 8.45. The largest absolute Gasteiger partial charge is 0.506 e. The van der Waals surface area contributed by atoms with Gasteiger partial charge in [-0.3, -0.25) is 9.63 Å². The number of nitrogens with zero attached hydrogens (tertiary/aromatic N) is 1. The summed E-state index contributed by atoms with van der Waals surface area (Å²) in [7, 11) is -0.754. The smallest absolute Gasteiger partial charge is 0.255 e. The van der Waals surface area contributed by atoms with E-state index in [2.05, 4.69) is 5.32 Å². The molecule has 29 heavy (non-hydrogen) atoms. The fourth-order valence-electron chi connectivity index (χ4n) is 2.91. The summed E-state index contributed by atoms with van der Waals surface area (Å²) in [5.74, 6) is -1.53. The van der Waals surface area contributed by atoms with Gasteiger partial charge < -0.3 is 14.8 Å². The van der Waals surface area contributed by atoms with Crippen molar-refractivity contribution in [3.63, 3.8) is 0 Å². The summed E-state index contributed by atoms with van der Waals surface area (Å²) in [6.45, 7) is 0. The topological polar surface area (TPSA) is 109 Å². The van der Waals surface area contributed by atoms with Gasteiger partial charge in [-0.1, -0.05) is 0 Å². The first-order chi connectivity index (χ1) is 13.6. The fraction of sp³-hybridized carbons (Fsp3) is 0.211. The van der Waals surface area contributed by atoms with Gasteiger partial charge in [-0.2, -0.15) is 0 Å². The van der Waals surface area contributed by atoms with Gasteiger partial charge in [-0.25, -0.2) is 17.9 Å². The number of furan rings is 1. The zero-order chi connectivity index (χ0) is 21.3. The van der Waals surface area contributed by atoms with E-state index < -0.39 is 27.4 Å². The monoisotopic (exact) mass is 422 g/mol. The van der Waals surface area contributed by atoms with Gasteiger partial charge in [0.05, 0.1) is 12.7 Å². The Morgan fingerprint density at radius 3 is 2.48 bits per heavy atom. The lowest BCUT2D eigenvalue weighted by Crippen LogP contribution is -2.28. The number of aromatic hydroxyl groups is 1. The molecule has 0 unspecified atom stereocenters. The number of phenols is 1. The van der Waals surface area contributed by atoms with Crippen LogP contribution in [0.4, 0.5) is 10.1 Å². The number of carbonyl (C=O) groups is 1. The van der Waals surface area contributed by atoms with Crippen molar-refractivity contribution in [1.29, 1.82) is 0 Å². The normalized spacial score (nSPS) is 11.6. The number of hydroxylamine groups is 1. The molecule has 3 aromatic rings. The van der Waals surface area contributed by atoms with Crippen molar-refractivity contribution >= 4 is 32.4 Å². The highest BCUT2D eigenvalue weighted by Crippen LogP contribution is 2.40. The minimum absolute atomic E-state index is 0.0493. The molecule has 0 fully saturated rings. The molecule has 0 radical (unpaired) electrons. The fourth-order valence-corrected chi connectivity index (χ4v) is 3.58. The molecule has 0 bridgehead atoms. The summed E-state index contributed by atoms with van der Waals surface area (Å²) in [6.07, 6.45) is 1.03. The number of amides is 1. The zero-order valence-electron chi connectivity index (χ0n) is 15.9. The van der Waals surface area contributed by atoms with E-state index >= 15 is 0 Å². The lowest BCUT2D eigenvalue weighted by molar-refractivity contribution is 0.0964. The Bertz CT molecular complexity index is 1170. The number of phenolic OH excluding ortho intramolecular Hbond substituents is 1. The molecule has 0 aliphatic rings. The zero-order valence-corrected chi connectivity index (χ0v) is 16.7. The lowest BCUT2D eigenvalue weighted by Gasteiger charge is -2.21. The molecule has 154 valence electrons. The van der Waals surface area contributed by atoms with Crippen molar-refractivity contribution in [1.82, 2.24) is 5.32 Å². The highest BCUT2D eigenvalue weighted by molar-refractivity contribution is 7.90. The Balaban J connectivity index is 2.23. The molecule has 3 rings (SSSR count). The molecule has 1 amide bonds. The Morgan fingerprint density at radius 1 is 1.28 bits per heavy atom. The van der Waals surface area contributed by atoms with Gasteiger partial charge in [0.25, 0.3) is 5.91 Å². The molecule has 2 N–H and O–H groups in total. The van der Waals surface area contributed by atoms with Crippen LogP contribution in [-0.2, 0) is 14.7 Å². The second kappa shape index (κ2) is 7.72. The van der Waals surface area contributed by atoms with E-state index in [0.29, 0.717) is 10.9 Å². The molecular weight excluding hydrogens is 403 g/mol. The maximum atomic E-state index is 13.3. The average Bonchev–Trinajstić information content (AvgIpc) is 3.03. The minimum atomic E-state index is -3.46. The number of hydrogen-bond acceptors (Lipinski definition) is 7. The van der Waals surface area contributed by atoms with Crippen LogP contribution in [0.25, 0.3) is 22.3 Å². The third-order valence-electron chi connectivity index (χ3n) is 4.19. The van der Waals surface area contributed by atoms with E-state index in [0.717, 1.165) is 11.3 Å². The first-order valence-corrected chi connectivity index (χ1v) is 10.5. The van der Waals surface area contributed by atoms with Crippen molar-refractivity contribution in [2.45, 2.75) is 0 Å². The van der Waals surface area contributed by atoms with Crippen LogP contribution in [0.2, 0.25) is 0 Å². The van der Waals surface area contributed by atoms with Gasteiger partial charge in [-0.05, 0) is 30.3 Å². The number of carbonyl (C=O) groups excluding carboxylic acids is 1. The van der Waals surface area contributed by atoms with Crippen molar-refractivity contribution < 1.29 is 32.0 Å². The first-order valence-electron chi connectivity index (χ1n) is 8.41. The molecule has 2 aromatic carbocycles. The molecule has 0 aliphatic heterocycles. The lowest BCUT2D eigenvalue weighted by atomic mass is 10.0. The molecule has 0 aliphatic carbocycles. The summed E-state index contributed by atoms with van der Waals surface area (Å²) in [5, 5.41) is 14.3. The SMILES string of the molecule is CNC(=O)c1c(-c2ccc(F)cc2)oc2cc(N(CS(C)(=O)=O)OC)c(O)cc12. The molecule has 0 atom stereocenters. The number of nitrogens with one attached hydrogen (secondary N) is 1. The highest BCUT2D eigenvalue weighted by atomic mass is 32.2. The predicted molar refractivity (Wildman–Crippen MR) is 106 cm³/mol. The van der Waals surface area contributed by atoms with E-state index in [1.165, 1.54) is 50.6 Å². The van der Waals surface area contributed by atoms with Crippen molar-refractivity contribution in [2.75, 3.05) is 31.4 Å². The van der Waals surface area contributed by atoms with Gasteiger partial charge in [0.1, 0.15) is 34.5 Å². The molecular formula is C19H19FN2O6S. The summed E-state index contributed by atoms with van der Waals surface area (Å²) in [4.78, 5) is 17.6. The number of hydrogen-bond donors (Lipinski definition) is 2. The molecule has 1 heterocycles. The van der Waals surface area contributed by atoms with Crippen molar-refractivity contribution in [3.8, 4) is 17.1 Å². The number of fused-ring (bicyclic) bond motifs is 1. The summed E-state index contributed by atoms with van der Waals surface area (Å²) < 4.78 is 42.4. The molecule has 0 saturated carbocycles. The number of benzene rings is 2. The third kappa shape index (κ3) is 4.17.